The van der Waals surface area contributed by atoms with Crippen molar-refractivity contribution in [1.82, 2.24) is 9.55 Å². The number of halogens is 1. The average molecular weight is 413 g/mol. The lowest BCUT2D eigenvalue weighted by Gasteiger charge is -2.19. The van der Waals surface area contributed by atoms with Gasteiger partial charge < -0.3 is 8.98 Å². The fourth-order valence-corrected chi connectivity index (χ4v) is 3.95. The third-order valence-electron chi connectivity index (χ3n) is 5.10. The van der Waals surface area contributed by atoms with Crippen molar-refractivity contribution >= 4 is 22.5 Å². The Bertz CT molecular complexity index is 1380. The first kappa shape index (κ1) is 18.4. The lowest BCUT2D eigenvalue weighted by molar-refractivity contribution is 0.569. The summed E-state index contributed by atoms with van der Waals surface area (Å²) in [5.74, 6) is 0.392. The molecule has 5 rings (SSSR count). The number of fused-ring (bicyclic) bond motifs is 1. The van der Waals surface area contributed by atoms with E-state index in [0.717, 1.165) is 11.3 Å². The summed E-state index contributed by atoms with van der Waals surface area (Å²) in [5.41, 5.74) is 3.86. The Kier molecular flexibility index (Phi) is 4.69. The molecule has 146 valence electrons. The number of para-hydroxylation sites is 1. The van der Waals surface area contributed by atoms with Gasteiger partial charge in [0.15, 0.2) is 5.43 Å². The van der Waals surface area contributed by atoms with Crippen molar-refractivity contribution in [2.75, 3.05) is 0 Å². The second-order valence-corrected chi connectivity index (χ2v) is 7.42. The van der Waals surface area contributed by atoms with Gasteiger partial charge in [-0.1, -0.05) is 60.1 Å². The Morgan fingerprint density at radius 1 is 0.933 bits per heavy atom. The molecule has 4 nitrogen and oxygen atoms in total. The smallest absolute Gasteiger partial charge is 0.243 e. The first-order valence-corrected chi connectivity index (χ1v) is 9.96. The molecule has 0 bridgehead atoms. The molecule has 0 fully saturated rings. The molecule has 0 saturated heterocycles. The second kappa shape index (κ2) is 7.65. The van der Waals surface area contributed by atoms with Gasteiger partial charge in [-0.15, -0.1) is 0 Å². The standard InChI is InChI=1S/C25H17ClN2O2/c26-18-11-12-20-22(16-18)28(19-9-5-2-6-10-19)23(25-27-13-14-30-25)21(24(20)29)15-17-7-3-1-4-8-17/h1-14,16H,15H2. The highest BCUT2D eigenvalue weighted by atomic mass is 35.5. The fourth-order valence-electron chi connectivity index (χ4n) is 3.78. The average Bonchev–Trinajstić information content (AvgIpc) is 3.31. The summed E-state index contributed by atoms with van der Waals surface area (Å²) in [7, 11) is 0. The van der Waals surface area contributed by atoms with E-state index in [0.29, 0.717) is 39.5 Å². The second-order valence-electron chi connectivity index (χ2n) is 6.99. The van der Waals surface area contributed by atoms with Gasteiger partial charge >= 0.3 is 0 Å². The molecule has 0 amide bonds. The summed E-state index contributed by atoms with van der Waals surface area (Å²) in [4.78, 5) is 18.0. The minimum atomic E-state index is -0.0501. The number of oxazole rings is 1. The van der Waals surface area contributed by atoms with E-state index in [2.05, 4.69) is 4.98 Å². The molecule has 2 heterocycles. The Balaban J connectivity index is 1.93. The molecule has 2 aromatic heterocycles. The van der Waals surface area contributed by atoms with Crippen molar-refractivity contribution in [2.45, 2.75) is 6.42 Å². The monoisotopic (exact) mass is 412 g/mol. The summed E-state index contributed by atoms with van der Waals surface area (Å²) < 4.78 is 7.70. The van der Waals surface area contributed by atoms with Gasteiger partial charge in [-0.25, -0.2) is 4.98 Å². The number of nitrogens with zero attached hydrogens (tertiary/aromatic N) is 2. The van der Waals surface area contributed by atoms with Crippen LogP contribution in [0.4, 0.5) is 0 Å². The largest absolute Gasteiger partial charge is 0.443 e. The third kappa shape index (κ3) is 3.21. The predicted molar refractivity (Wildman–Crippen MR) is 119 cm³/mol. The van der Waals surface area contributed by atoms with Gasteiger partial charge in [0.25, 0.3) is 0 Å². The van der Waals surface area contributed by atoms with Crippen LogP contribution in [-0.2, 0) is 6.42 Å². The molecule has 0 aliphatic carbocycles. The van der Waals surface area contributed by atoms with E-state index in [1.807, 2.05) is 71.3 Å². The predicted octanol–water partition coefficient (Wildman–Crippen LogP) is 5.89. The first-order chi connectivity index (χ1) is 14.7. The highest BCUT2D eigenvalue weighted by Crippen LogP contribution is 2.31. The zero-order valence-electron chi connectivity index (χ0n) is 16.0. The van der Waals surface area contributed by atoms with Crippen LogP contribution < -0.4 is 5.43 Å². The van der Waals surface area contributed by atoms with Crippen LogP contribution in [0.15, 0.2) is 101 Å². The number of rotatable bonds is 4. The van der Waals surface area contributed by atoms with Gasteiger partial charge in [-0.3, -0.25) is 4.79 Å². The highest BCUT2D eigenvalue weighted by Gasteiger charge is 2.22. The summed E-state index contributed by atoms with van der Waals surface area (Å²) in [5, 5.41) is 1.16. The number of benzene rings is 3. The van der Waals surface area contributed by atoms with Gasteiger partial charge in [0, 0.05) is 28.1 Å². The van der Waals surface area contributed by atoms with Crippen molar-refractivity contribution in [3.05, 3.63) is 118 Å². The van der Waals surface area contributed by atoms with E-state index in [9.17, 15) is 4.79 Å². The van der Waals surface area contributed by atoms with E-state index in [1.165, 1.54) is 6.26 Å². The number of pyridine rings is 1. The van der Waals surface area contributed by atoms with Crippen LogP contribution in [0.5, 0.6) is 0 Å². The van der Waals surface area contributed by atoms with E-state index >= 15 is 0 Å². The number of hydrogen-bond acceptors (Lipinski definition) is 3. The summed E-state index contributed by atoms with van der Waals surface area (Å²) in [6.07, 6.45) is 3.57. The van der Waals surface area contributed by atoms with Crippen molar-refractivity contribution in [2.24, 2.45) is 0 Å². The molecule has 5 heteroatoms. The van der Waals surface area contributed by atoms with E-state index < -0.39 is 0 Å². The Morgan fingerprint density at radius 2 is 1.67 bits per heavy atom. The van der Waals surface area contributed by atoms with Crippen LogP contribution in [-0.4, -0.2) is 9.55 Å². The molecule has 3 aromatic carbocycles. The molecule has 0 atom stereocenters. The van der Waals surface area contributed by atoms with Crippen molar-refractivity contribution in [3.8, 4) is 17.3 Å². The number of hydrogen-bond donors (Lipinski definition) is 0. The third-order valence-corrected chi connectivity index (χ3v) is 5.34. The summed E-state index contributed by atoms with van der Waals surface area (Å²) in [6, 6.07) is 25.1. The lowest BCUT2D eigenvalue weighted by Crippen LogP contribution is -2.18. The zero-order valence-corrected chi connectivity index (χ0v) is 16.7. The fraction of sp³-hybridized carbons (Fsp3) is 0.0400. The molecule has 30 heavy (non-hydrogen) atoms. The van der Waals surface area contributed by atoms with Gasteiger partial charge in [-0.2, -0.15) is 0 Å². The van der Waals surface area contributed by atoms with E-state index in [4.69, 9.17) is 16.0 Å². The Hall–Kier alpha value is -3.63. The van der Waals surface area contributed by atoms with Crippen molar-refractivity contribution in [3.63, 3.8) is 0 Å². The van der Waals surface area contributed by atoms with Gasteiger partial charge in [0.05, 0.1) is 11.7 Å². The molecule has 5 aromatic rings. The van der Waals surface area contributed by atoms with Crippen molar-refractivity contribution < 1.29 is 4.42 Å². The minimum Gasteiger partial charge on any atom is -0.443 e. The molecule has 0 radical (unpaired) electrons. The zero-order chi connectivity index (χ0) is 20.5. The van der Waals surface area contributed by atoms with E-state index in [-0.39, 0.29) is 5.43 Å². The van der Waals surface area contributed by atoms with Crippen LogP contribution in [0, 0.1) is 0 Å². The quantitative estimate of drug-likeness (QED) is 0.369. The number of aromatic nitrogens is 2. The SMILES string of the molecule is O=c1c(Cc2ccccc2)c(-c2ncco2)n(-c2ccccc2)c2cc(Cl)ccc12. The molecule has 0 N–H and O–H groups in total. The van der Waals surface area contributed by atoms with Gasteiger partial charge in [0.1, 0.15) is 12.0 Å². The van der Waals surface area contributed by atoms with Crippen molar-refractivity contribution in [1.29, 1.82) is 0 Å². The lowest BCUT2D eigenvalue weighted by atomic mass is 9.99. The maximum absolute atomic E-state index is 13.6. The van der Waals surface area contributed by atoms with Crippen LogP contribution in [0.1, 0.15) is 11.1 Å². The highest BCUT2D eigenvalue weighted by molar-refractivity contribution is 6.31. The van der Waals surface area contributed by atoms with Gasteiger partial charge in [-0.05, 0) is 35.9 Å². The van der Waals surface area contributed by atoms with Crippen LogP contribution in [0.25, 0.3) is 28.2 Å². The normalized spacial score (nSPS) is 11.1. The summed E-state index contributed by atoms with van der Waals surface area (Å²) in [6.45, 7) is 0. The molecule has 0 aliphatic rings. The maximum atomic E-state index is 13.6. The molecule has 0 unspecified atom stereocenters. The topological polar surface area (TPSA) is 48.0 Å². The molecule has 0 spiro atoms. The van der Waals surface area contributed by atoms with Gasteiger partial charge in [0.2, 0.25) is 5.89 Å². The first-order valence-electron chi connectivity index (χ1n) is 9.59. The van der Waals surface area contributed by atoms with Crippen LogP contribution >= 0.6 is 11.6 Å². The molecular formula is C25H17ClN2O2. The van der Waals surface area contributed by atoms with Crippen LogP contribution in [0.3, 0.4) is 0 Å². The van der Waals surface area contributed by atoms with Crippen LogP contribution in [0.2, 0.25) is 5.02 Å². The summed E-state index contributed by atoms with van der Waals surface area (Å²) >= 11 is 6.32. The molecular weight excluding hydrogens is 396 g/mol. The molecule has 0 aliphatic heterocycles. The molecule has 0 saturated carbocycles. The van der Waals surface area contributed by atoms with E-state index in [1.54, 1.807) is 18.3 Å². The Morgan fingerprint density at radius 3 is 2.37 bits per heavy atom. The minimum absolute atomic E-state index is 0.0501. The Labute approximate surface area is 178 Å². The maximum Gasteiger partial charge on any atom is 0.243 e.